The fourth-order valence-electron chi connectivity index (χ4n) is 2.13. The Kier molecular flexibility index (Phi) is 3.46. The van der Waals surface area contributed by atoms with Crippen LogP contribution < -0.4 is 5.32 Å². The number of hydrogen-bond donors (Lipinski definition) is 1. The van der Waals surface area contributed by atoms with Crippen molar-refractivity contribution in [3.05, 3.63) is 34.9 Å². The van der Waals surface area contributed by atoms with Gasteiger partial charge in [-0.05, 0) is 30.7 Å². The Hall–Kier alpha value is -1.06. The molecule has 1 N–H and O–H groups in total. The number of hydrogen-bond acceptors (Lipinski definition) is 3. The summed E-state index contributed by atoms with van der Waals surface area (Å²) in [5, 5.41) is 4.02. The van der Waals surface area contributed by atoms with Gasteiger partial charge in [-0.2, -0.15) is 0 Å². The van der Waals surface area contributed by atoms with Crippen LogP contribution in [0.4, 0.5) is 0 Å². The summed E-state index contributed by atoms with van der Waals surface area (Å²) >= 11 is 5.83. The molecule has 0 unspecified atom stereocenters. The molecule has 0 amide bonds. The lowest BCUT2D eigenvalue weighted by Gasteiger charge is -2.17. The average molecular weight is 240 g/mol. The molecule has 1 aromatic rings. The zero-order valence-corrected chi connectivity index (χ0v) is 9.83. The summed E-state index contributed by atoms with van der Waals surface area (Å²) in [5.74, 6) is -0.240. The molecule has 86 valence electrons. The lowest BCUT2D eigenvalue weighted by atomic mass is 9.94. The van der Waals surface area contributed by atoms with Crippen LogP contribution in [0.3, 0.4) is 0 Å². The van der Waals surface area contributed by atoms with Crippen molar-refractivity contribution >= 4 is 17.6 Å². The first-order valence-electron chi connectivity index (χ1n) is 5.29. The molecule has 1 heterocycles. The number of methoxy groups -OCH3 is 1. The van der Waals surface area contributed by atoms with E-state index < -0.39 is 0 Å². The largest absolute Gasteiger partial charge is 0.469 e. The predicted octanol–water partition coefficient (Wildman–Crippen LogP) is 2.16. The fraction of sp³-hybridized carbons (Fsp3) is 0.417. The lowest BCUT2D eigenvalue weighted by molar-refractivity contribution is -0.145. The van der Waals surface area contributed by atoms with E-state index in [4.69, 9.17) is 16.3 Å². The van der Waals surface area contributed by atoms with Crippen LogP contribution in [-0.2, 0) is 9.53 Å². The maximum absolute atomic E-state index is 11.6. The maximum atomic E-state index is 11.6. The van der Waals surface area contributed by atoms with Gasteiger partial charge in [0.1, 0.15) is 0 Å². The molecule has 2 rings (SSSR count). The van der Waals surface area contributed by atoms with Crippen molar-refractivity contribution in [1.29, 1.82) is 0 Å². The van der Waals surface area contributed by atoms with Gasteiger partial charge in [-0.15, -0.1) is 0 Å². The molecule has 3 nitrogen and oxygen atoms in total. The Balaban J connectivity index is 2.19. The van der Waals surface area contributed by atoms with Gasteiger partial charge in [0.05, 0.1) is 13.0 Å². The highest BCUT2D eigenvalue weighted by atomic mass is 35.5. The first-order valence-corrected chi connectivity index (χ1v) is 5.67. The third-order valence-electron chi connectivity index (χ3n) is 2.96. The normalized spacial score (nSPS) is 24.4. The molecule has 1 aromatic carbocycles. The summed E-state index contributed by atoms with van der Waals surface area (Å²) in [5.41, 5.74) is 1.08. The summed E-state index contributed by atoms with van der Waals surface area (Å²) in [6, 6.07) is 7.61. The van der Waals surface area contributed by atoms with Gasteiger partial charge in [0.2, 0.25) is 0 Å². The number of carbonyl (C=O) groups is 1. The number of benzene rings is 1. The van der Waals surface area contributed by atoms with Crippen LogP contribution in [-0.4, -0.2) is 19.6 Å². The number of carbonyl (C=O) groups excluding carboxylic acids is 1. The second-order valence-corrected chi connectivity index (χ2v) is 4.34. The van der Waals surface area contributed by atoms with Gasteiger partial charge in [0, 0.05) is 11.1 Å². The number of nitrogens with one attached hydrogen (secondary N) is 1. The van der Waals surface area contributed by atoms with E-state index in [1.54, 1.807) is 0 Å². The number of ether oxygens (including phenoxy) is 1. The van der Waals surface area contributed by atoms with E-state index in [0.717, 1.165) is 18.5 Å². The molecule has 0 spiro atoms. The summed E-state index contributed by atoms with van der Waals surface area (Å²) in [7, 11) is 1.43. The monoisotopic (exact) mass is 239 g/mol. The van der Waals surface area contributed by atoms with Crippen molar-refractivity contribution in [1.82, 2.24) is 5.32 Å². The van der Waals surface area contributed by atoms with Crippen LogP contribution in [0.25, 0.3) is 0 Å². The van der Waals surface area contributed by atoms with Gasteiger partial charge in [0.15, 0.2) is 0 Å². The molecule has 16 heavy (non-hydrogen) atoms. The molecular formula is C12H14ClNO2. The van der Waals surface area contributed by atoms with E-state index >= 15 is 0 Å². The Bertz CT molecular complexity index is 377. The maximum Gasteiger partial charge on any atom is 0.310 e. The molecule has 1 saturated heterocycles. The Morgan fingerprint density at radius 1 is 1.44 bits per heavy atom. The summed E-state index contributed by atoms with van der Waals surface area (Å²) in [6.07, 6.45) is 0.819. The standard InChI is InChI=1S/C12H14ClNO2/c1-16-12(15)10-6-7-14-11(10)8-2-4-9(13)5-3-8/h2-5,10-11,14H,6-7H2,1H3/t10-,11-/m1/s1. The van der Waals surface area contributed by atoms with Gasteiger partial charge < -0.3 is 10.1 Å². The van der Waals surface area contributed by atoms with Gasteiger partial charge in [0.25, 0.3) is 0 Å². The minimum atomic E-state index is -0.148. The number of rotatable bonds is 2. The molecule has 1 aliphatic rings. The quantitative estimate of drug-likeness (QED) is 0.804. The minimum Gasteiger partial charge on any atom is -0.469 e. The van der Waals surface area contributed by atoms with Crippen molar-refractivity contribution in [2.75, 3.05) is 13.7 Å². The van der Waals surface area contributed by atoms with Gasteiger partial charge >= 0.3 is 5.97 Å². The Labute approximate surface area is 99.7 Å². The van der Waals surface area contributed by atoms with E-state index in [-0.39, 0.29) is 17.9 Å². The minimum absolute atomic E-state index is 0.0460. The highest BCUT2D eigenvalue weighted by Crippen LogP contribution is 2.30. The summed E-state index contributed by atoms with van der Waals surface area (Å²) < 4.78 is 4.80. The highest BCUT2D eigenvalue weighted by Gasteiger charge is 2.34. The van der Waals surface area contributed by atoms with E-state index in [2.05, 4.69) is 5.32 Å². The summed E-state index contributed by atoms with van der Waals surface area (Å²) in [4.78, 5) is 11.6. The van der Waals surface area contributed by atoms with E-state index in [9.17, 15) is 4.79 Å². The second kappa shape index (κ2) is 4.85. The first-order chi connectivity index (χ1) is 7.72. The number of esters is 1. The van der Waals surface area contributed by atoms with Crippen molar-refractivity contribution in [3.63, 3.8) is 0 Å². The average Bonchev–Trinajstić information content (AvgIpc) is 2.78. The van der Waals surface area contributed by atoms with E-state index in [0.29, 0.717) is 5.02 Å². The van der Waals surface area contributed by atoms with Crippen LogP contribution in [0.15, 0.2) is 24.3 Å². The fourth-order valence-corrected chi connectivity index (χ4v) is 2.25. The zero-order valence-electron chi connectivity index (χ0n) is 9.07. The van der Waals surface area contributed by atoms with Gasteiger partial charge in [-0.1, -0.05) is 23.7 Å². The molecule has 4 heteroatoms. The molecule has 0 aliphatic carbocycles. The van der Waals surface area contributed by atoms with Gasteiger partial charge in [-0.3, -0.25) is 4.79 Å². The molecule has 1 fully saturated rings. The summed E-state index contributed by atoms with van der Waals surface area (Å²) in [6.45, 7) is 0.840. The Morgan fingerprint density at radius 3 is 2.75 bits per heavy atom. The topological polar surface area (TPSA) is 38.3 Å². The zero-order chi connectivity index (χ0) is 11.5. The van der Waals surface area contributed by atoms with Crippen molar-refractivity contribution in [2.24, 2.45) is 5.92 Å². The smallest absolute Gasteiger partial charge is 0.310 e. The predicted molar refractivity (Wildman–Crippen MR) is 62.3 cm³/mol. The third-order valence-corrected chi connectivity index (χ3v) is 3.21. The molecule has 0 bridgehead atoms. The number of halogens is 1. The first kappa shape index (κ1) is 11.4. The SMILES string of the molecule is COC(=O)[C@@H]1CCN[C@@H]1c1ccc(Cl)cc1. The Morgan fingerprint density at radius 2 is 2.12 bits per heavy atom. The molecular weight excluding hydrogens is 226 g/mol. The van der Waals surface area contributed by atoms with E-state index in [1.165, 1.54) is 7.11 Å². The van der Waals surface area contributed by atoms with E-state index in [1.807, 2.05) is 24.3 Å². The third kappa shape index (κ3) is 2.20. The van der Waals surface area contributed by atoms with Crippen LogP contribution >= 0.6 is 11.6 Å². The lowest BCUT2D eigenvalue weighted by Crippen LogP contribution is -2.24. The van der Waals surface area contributed by atoms with Crippen molar-refractivity contribution in [3.8, 4) is 0 Å². The van der Waals surface area contributed by atoms with Crippen LogP contribution in [0.2, 0.25) is 5.02 Å². The van der Waals surface area contributed by atoms with Crippen LogP contribution in [0.1, 0.15) is 18.0 Å². The molecule has 0 radical (unpaired) electrons. The molecule has 1 aliphatic heterocycles. The van der Waals surface area contributed by atoms with Crippen LogP contribution in [0.5, 0.6) is 0 Å². The molecule has 0 saturated carbocycles. The van der Waals surface area contributed by atoms with Crippen molar-refractivity contribution < 1.29 is 9.53 Å². The molecule has 2 atom stereocenters. The van der Waals surface area contributed by atoms with Crippen LogP contribution in [0, 0.1) is 5.92 Å². The second-order valence-electron chi connectivity index (χ2n) is 3.90. The highest BCUT2D eigenvalue weighted by molar-refractivity contribution is 6.30. The molecule has 0 aromatic heterocycles. The van der Waals surface area contributed by atoms with Gasteiger partial charge in [-0.25, -0.2) is 0 Å². The van der Waals surface area contributed by atoms with Crippen molar-refractivity contribution in [2.45, 2.75) is 12.5 Å².